The summed E-state index contributed by atoms with van der Waals surface area (Å²) in [5, 5.41) is 11.9. The molecule has 22 heavy (non-hydrogen) atoms. The first-order valence-corrected chi connectivity index (χ1v) is 7.47. The topological polar surface area (TPSA) is 47.7 Å². The molecule has 2 aromatic heterocycles. The SMILES string of the molecule is S=C(Cc1ccc(NC(=S)n2cccn2)cc1)n1cccn1. The van der Waals surface area contributed by atoms with E-state index in [-0.39, 0.29) is 0 Å². The quantitative estimate of drug-likeness (QED) is 0.750. The van der Waals surface area contributed by atoms with Gasteiger partial charge in [0.05, 0.1) is 0 Å². The molecule has 0 aliphatic rings. The molecular formula is C15H13N5S2. The lowest BCUT2D eigenvalue weighted by Gasteiger charge is -2.09. The molecule has 0 aliphatic carbocycles. The second-order valence-electron chi connectivity index (χ2n) is 4.60. The van der Waals surface area contributed by atoms with Crippen LogP contribution in [0.4, 0.5) is 5.69 Å². The minimum Gasteiger partial charge on any atom is -0.331 e. The van der Waals surface area contributed by atoms with E-state index in [1.54, 1.807) is 28.0 Å². The van der Waals surface area contributed by atoms with E-state index < -0.39 is 0 Å². The minimum atomic E-state index is 0.532. The van der Waals surface area contributed by atoms with Crippen LogP contribution in [-0.2, 0) is 6.42 Å². The number of nitrogens with one attached hydrogen (secondary N) is 1. The van der Waals surface area contributed by atoms with Gasteiger partial charge < -0.3 is 5.32 Å². The smallest absolute Gasteiger partial charge is 0.198 e. The van der Waals surface area contributed by atoms with Crippen LogP contribution < -0.4 is 5.32 Å². The maximum Gasteiger partial charge on any atom is 0.198 e. The van der Waals surface area contributed by atoms with Crippen molar-refractivity contribution >= 4 is 40.2 Å². The molecule has 0 saturated heterocycles. The molecule has 5 nitrogen and oxygen atoms in total. The molecule has 1 N–H and O–H groups in total. The molecule has 0 atom stereocenters. The van der Waals surface area contributed by atoms with Gasteiger partial charge in [-0.05, 0) is 42.0 Å². The molecule has 0 unspecified atom stereocenters. The van der Waals surface area contributed by atoms with Crippen molar-refractivity contribution < 1.29 is 0 Å². The summed E-state index contributed by atoms with van der Waals surface area (Å²) < 4.78 is 3.31. The van der Waals surface area contributed by atoms with Crippen molar-refractivity contribution in [3.8, 4) is 0 Å². The number of anilines is 1. The van der Waals surface area contributed by atoms with Crippen molar-refractivity contribution in [3.05, 3.63) is 66.7 Å². The molecule has 2 heterocycles. The fourth-order valence-electron chi connectivity index (χ4n) is 1.95. The van der Waals surface area contributed by atoms with Gasteiger partial charge in [0.25, 0.3) is 0 Å². The van der Waals surface area contributed by atoms with Gasteiger partial charge in [0.2, 0.25) is 0 Å². The van der Waals surface area contributed by atoms with Gasteiger partial charge in [0.1, 0.15) is 4.99 Å². The lowest BCUT2D eigenvalue weighted by atomic mass is 10.1. The van der Waals surface area contributed by atoms with Crippen LogP contribution in [0.5, 0.6) is 0 Å². The Morgan fingerprint density at radius 1 is 0.955 bits per heavy atom. The molecule has 0 fully saturated rings. The maximum absolute atomic E-state index is 5.37. The van der Waals surface area contributed by atoms with Crippen LogP contribution in [0.1, 0.15) is 5.56 Å². The second-order valence-corrected chi connectivity index (χ2v) is 5.46. The van der Waals surface area contributed by atoms with Crippen LogP contribution in [0.2, 0.25) is 0 Å². The maximum atomic E-state index is 5.37. The third kappa shape index (κ3) is 3.44. The Bertz CT molecular complexity index is 694. The fourth-order valence-corrected chi connectivity index (χ4v) is 2.45. The summed E-state index contributed by atoms with van der Waals surface area (Å²) >= 11 is 10.6. The predicted molar refractivity (Wildman–Crippen MR) is 94.2 cm³/mol. The van der Waals surface area contributed by atoms with Gasteiger partial charge in [-0.3, -0.25) is 0 Å². The van der Waals surface area contributed by atoms with Gasteiger partial charge in [0, 0.05) is 36.9 Å². The van der Waals surface area contributed by atoms with Gasteiger partial charge in [-0.2, -0.15) is 10.2 Å². The average Bonchev–Trinajstić information content (AvgIpc) is 3.23. The number of hydrogen-bond donors (Lipinski definition) is 1. The monoisotopic (exact) mass is 327 g/mol. The molecule has 3 rings (SSSR count). The largest absolute Gasteiger partial charge is 0.331 e. The summed E-state index contributed by atoms with van der Waals surface area (Å²) in [6.45, 7) is 0. The molecule has 1 aromatic carbocycles. The Morgan fingerprint density at radius 3 is 2.18 bits per heavy atom. The Morgan fingerprint density at radius 2 is 1.59 bits per heavy atom. The van der Waals surface area contributed by atoms with Crippen LogP contribution in [0.15, 0.2) is 61.2 Å². The number of hydrogen-bond acceptors (Lipinski definition) is 4. The summed E-state index contributed by atoms with van der Waals surface area (Å²) in [5.74, 6) is 0. The Kier molecular flexibility index (Phi) is 4.36. The first-order chi connectivity index (χ1) is 10.7. The van der Waals surface area contributed by atoms with Crippen molar-refractivity contribution in [1.82, 2.24) is 19.6 Å². The summed E-state index contributed by atoms with van der Waals surface area (Å²) in [7, 11) is 0. The highest BCUT2D eigenvalue weighted by Gasteiger charge is 2.04. The van der Waals surface area contributed by atoms with Crippen LogP contribution in [0.25, 0.3) is 0 Å². The van der Waals surface area contributed by atoms with Crippen LogP contribution in [0.3, 0.4) is 0 Å². The van der Waals surface area contributed by atoms with E-state index in [9.17, 15) is 0 Å². The van der Waals surface area contributed by atoms with Crippen molar-refractivity contribution in [2.75, 3.05) is 5.32 Å². The van der Waals surface area contributed by atoms with E-state index in [4.69, 9.17) is 24.4 Å². The Labute approximate surface area is 138 Å². The summed E-state index contributed by atoms with van der Waals surface area (Å²) in [4.78, 5) is 0.762. The van der Waals surface area contributed by atoms with Crippen molar-refractivity contribution in [2.24, 2.45) is 0 Å². The first kappa shape index (κ1) is 14.6. The van der Waals surface area contributed by atoms with Crippen molar-refractivity contribution in [3.63, 3.8) is 0 Å². The molecule has 0 amide bonds. The summed E-state index contributed by atoms with van der Waals surface area (Å²) in [6, 6.07) is 11.7. The summed E-state index contributed by atoms with van der Waals surface area (Å²) in [6.07, 6.45) is 7.72. The number of thiocarbonyl (C=S) groups is 2. The van der Waals surface area contributed by atoms with Crippen LogP contribution in [-0.4, -0.2) is 29.7 Å². The zero-order valence-electron chi connectivity index (χ0n) is 11.6. The second kappa shape index (κ2) is 6.59. The number of nitrogens with zero attached hydrogens (tertiary/aromatic N) is 4. The molecule has 0 aliphatic heterocycles. The highest BCUT2D eigenvalue weighted by Crippen LogP contribution is 2.11. The summed E-state index contributed by atoms with van der Waals surface area (Å²) in [5.41, 5.74) is 2.03. The highest BCUT2D eigenvalue weighted by atomic mass is 32.1. The normalized spacial score (nSPS) is 10.4. The van der Waals surface area contributed by atoms with Gasteiger partial charge in [-0.1, -0.05) is 24.4 Å². The average molecular weight is 327 g/mol. The first-order valence-electron chi connectivity index (χ1n) is 6.65. The lowest BCUT2D eigenvalue weighted by molar-refractivity contribution is 0.929. The van der Waals surface area contributed by atoms with Gasteiger partial charge >= 0.3 is 0 Å². The Balaban J connectivity index is 1.63. The molecule has 0 saturated carbocycles. The molecule has 0 bridgehead atoms. The molecule has 0 spiro atoms. The van der Waals surface area contributed by atoms with Gasteiger partial charge in [0.15, 0.2) is 5.11 Å². The number of rotatable bonds is 3. The molecule has 110 valence electrons. The van der Waals surface area contributed by atoms with Crippen LogP contribution >= 0.6 is 24.4 Å². The zero-order chi connectivity index (χ0) is 15.4. The van der Waals surface area contributed by atoms with E-state index in [1.165, 1.54) is 0 Å². The number of benzene rings is 1. The number of aromatic nitrogens is 4. The Hall–Kier alpha value is -2.38. The highest BCUT2D eigenvalue weighted by molar-refractivity contribution is 7.80. The van der Waals surface area contributed by atoms with E-state index in [1.807, 2.05) is 42.6 Å². The minimum absolute atomic E-state index is 0.532. The molecule has 7 heteroatoms. The zero-order valence-corrected chi connectivity index (χ0v) is 13.2. The van der Waals surface area contributed by atoms with E-state index in [2.05, 4.69) is 15.5 Å². The fraction of sp³-hybridized carbons (Fsp3) is 0.0667. The predicted octanol–water partition coefficient (Wildman–Crippen LogP) is 2.74. The molecule has 0 radical (unpaired) electrons. The van der Waals surface area contributed by atoms with Gasteiger partial charge in [-0.15, -0.1) is 0 Å². The van der Waals surface area contributed by atoms with Gasteiger partial charge in [-0.25, -0.2) is 9.36 Å². The van der Waals surface area contributed by atoms with Crippen molar-refractivity contribution in [2.45, 2.75) is 6.42 Å². The van der Waals surface area contributed by atoms with Crippen molar-refractivity contribution in [1.29, 1.82) is 0 Å². The van der Waals surface area contributed by atoms with E-state index in [0.717, 1.165) is 16.2 Å². The third-order valence-corrected chi connectivity index (χ3v) is 3.65. The standard InChI is InChI=1S/C15H13N5S2/c21-14(19-9-1-7-16-19)11-12-3-5-13(6-4-12)18-15(22)20-10-2-8-17-20/h1-10H,11H2,(H,18,22). The third-order valence-electron chi connectivity index (χ3n) is 3.03. The molecule has 3 aromatic rings. The van der Waals surface area contributed by atoms with Crippen LogP contribution in [0, 0.1) is 0 Å². The molecular weight excluding hydrogens is 314 g/mol. The van der Waals surface area contributed by atoms with E-state index in [0.29, 0.717) is 11.5 Å². The van der Waals surface area contributed by atoms with E-state index >= 15 is 0 Å². The lowest BCUT2D eigenvalue weighted by Crippen LogP contribution is -2.19.